The van der Waals surface area contributed by atoms with E-state index in [1.54, 1.807) is 13.8 Å². The van der Waals surface area contributed by atoms with Gasteiger partial charge in [-0.15, -0.1) is 11.6 Å². The number of carbonyl (C=O) groups excluding carboxylic acids is 1. The summed E-state index contributed by atoms with van der Waals surface area (Å²) in [5.41, 5.74) is -1.66. The van der Waals surface area contributed by atoms with E-state index in [-0.39, 0.29) is 0 Å². The number of halogens is 5. The van der Waals surface area contributed by atoms with Crippen molar-refractivity contribution in [3.8, 4) is 0 Å². The van der Waals surface area contributed by atoms with Crippen molar-refractivity contribution in [2.75, 3.05) is 13.1 Å². The predicted octanol–water partition coefficient (Wildman–Crippen LogP) is 3.99. The number of benzene rings is 1. The van der Waals surface area contributed by atoms with Gasteiger partial charge in [-0.05, 0) is 31.5 Å². The minimum absolute atomic E-state index is 0.334. The Hall–Kier alpha value is -1.30. The molecular formula is C13H14ClF4NO. The number of carbonyl (C=O) groups is 1. The Labute approximate surface area is 119 Å². The molecule has 1 amide bonds. The Morgan fingerprint density at radius 1 is 1.30 bits per heavy atom. The summed E-state index contributed by atoms with van der Waals surface area (Å²) < 4.78 is 51.6. The van der Waals surface area contributed by atoms with Crippen LogP contribution in [-0.4, -0.2) is 23.9 Å². The van der Waals surface area contributed by atoms with Crippen LogP contribution in [0.4, 0.5) is 17.6 Å². The molecule has 1 rings (SSSR count). The molecule has 0 spiro atoms. The highest BCUT2D eigenvalue weighted by atomic mass is 35.5. The third-order valence-electron chi connectivity index (χ3n) is 2.89. The minimum Gasteiger partial charge on any atom is -0.342 e. The Kier molecular flexibility index (Phi) is 5.39. The highest BCUT2D eigenvalue weighted by Crippen LogP contribution is 2.37. The lowest BCUT2D eigenvalue weighted by atomic mass is 10.0. The molecule has 0 heterocycles. The van der Waals surface area contributed by atoms with Gasteiger partial charge in [-0.3, -0.25) is 4.79 Å². The van der Waals surface area contributed by atoms with Gasteiger partial charge < -0.3 is 4.90 Å². The normalized spacial score (nSPS) is 13.2. The van der Waals surface area contributed by atoms with Gasteiger partial charge in [0, 0.05) is 13.1 Å². The number of alkyl halides is 4. The molecule has 0 fully saturated rings. The fourth-order valence-electron chi connectivity index (χ4n) is 1.82. The summed E-state index contributed by atoms with van der Waals surface area (Å²) in [5, 5.41) is -1.49. The maximum Gasteiger partial charge on any atom is 0.416 e. The number of rotatable bonds is 4. The van der Waals surface area contributed by atoms with Gasteiger partial charge in [0.25, 0.3) is 0 Å². The summed E-state index contributed by atoms with van der Waals surface area (Å²) in [6.45, 7) is 4.06. The van der Waals surface area contributed by atoms with Crippen LogP contribution in [0.25, 0.3) is 0 Å². The van der Waals surface area contributed by atoms with Crippen molar-refractivity contribution < 1.29 is 22.4 Å². The van der Waals surface area contributed by atoms with Gasteiger partial charge in [-0.2, -0.15) is 13.2 Å². The molecule has 7 heteroatoms. The Bertz CT molecular complexity index is 486. The molecule has 1 aromatic rings. The number of likely N-dealkylation sites (N-methyl/N-ethyl adjacent to an activating group) is 1. The van der Waals surface area contributed by atoms with Crippen LogP contribution in [0.1, 0.15) is 30.4 Å². The standard InChI is InChI=1S/C13H14ClF4NO/c1-3-19(4-2)12(20)11(14)9-6-5-8(15)7-10(9)13(16,17)18/h5-7,11H,3-4H2,1-2H3. The van der Waals surface area contributed by atoms with Crippen LogP contribution in [0.2, 0.25) is 0 Å². The van der Waals surface area contributed by atoms with Crippen molar-refractivity contribution in [1.82, 2.24) is 4.90 Å². The molecule has 1 unspecified atom stereocenters. The van der Waals surface area contributed by atoms with Crippen LogP contribution in [0.15, 0.2) is 18.2 Å². The summed E-state index contributed by atoms with van der Waals surface area (Å²) in [5.74, 6) is -1.66. The molecule has 1 aromatic carbocycles. The molecule has 0 radical (unpaired) electrons. The molecule has 0 saturated heterocycles. The number of hydrogen-bond donors (Lipinski definition) is 0. The first kappa shape index (κ1) is 16.8. The molecule has 0 aliphatic rings. The van der Waals surface area contributed by atoms with Crippen molar-refractivity contribution in [2.45, 2.75) is 25.4 Å². The molecule has 0 aromatic heterocycles. The van der Waals surface area contributed by atoms with E-state index >= 15 is 0 Å². The predicted molar refractivity (Wildman–Crippen MR) is 67.9 cm³/mol. The van der Waals surface area contributed by atoms with Crippen LogP contribution in [0.5, 0.6) is 0 Å². The van der Waals surface area contributed by atoms with Crippen molar-refractivity contribution in [1.29, 1.82) is 0 Å². The maximum absolute atomic E-state index is 13.0. The molecule has 20 heavy (non-hydrogen) atoms. The molecule has 0 saturated carbocycles. The third kappa shape index (κ3) is 3.62. The lowest BCUT2D eigenvalue weighted by molar-refractivity contribution is -0.139. The first-order valence-corrected chi connectivity index (χ1v) is 6.45. The van der Waals surface area contributed by atoms with E-state index in [9.17, 15) is 22.4 Å². The monoisotopic (exact) mass is 311 g/mol. The van der Waals surface area contributed by atoms with Crippen molar-refractivity contribution in [3.63, 3.8) is 0 Å². The summed E-state index contributed by atoms with van der Waals surface area (Å²) >= 11 is 5.86. The Morgan fingerprint density at radius 2 is 1.85 bits per heavy atom. The molecule has 0 aliphatic carbocycles. The smallest absolute Gasteiger partial charge is 0.342 e. The number of amides is 1. The zero-order chi connectivity index (χ0) is 15.5. The number of hydrogen-bond acceptors (Lipinski definition) is 1. The first-order chi connectivity index (χ1) is 9.22. The lowest BCUT2D eigenvalue weighted by Crippen LogP contribution is -2.33. The second kappa shape index (κ2) is 6.43. The van der Waals surface area contributed by atoms with Crippen LogP contribution in [0.3, 0.4) is 0 Å². The van der Waals surface area contributed by atoms with Gasteiger partial charge in [-0.1, -0.05) is 6.07 Å². The molecule has 2 nitrogen and oxygen atoms in total. The lowest BCUT2D eigenvalue weighted by Gasteiger charge is -2.23. The van der Waals surface area contributed by atoms with E-state index in [1.165, 1.54) is 4.90 Å². The largest absolute Gasteiger partial charge is 0.416 e. The van der Waals surface area contributed by atoms with Crippen LogP contribution in [0, 0.1) is 5.82 Å². The fourth-order valence-corrected chi connectivity index (χ4v) is 2.15. The van der Waals surface area contributed by atoms with Gasteiger partial charge in [0.1, 0.15) is 11.2 Å². The minimum atomic E-state index is -4.77. The van der Waals surface area contributed by atoms with E-state index in [2.05, 4.69) is 0 Å². The van der Waals surface area contributed by atoms with Crippen LogP contribution in [-0.2, 0) is 11.0 Å². The Balaban J connectivity index is 3.22. The average Bonchev–Trinajstić information content (AvgIpc) is 2.38. The highest BCUT2D eigenvalue weighted by Gasteiger charge is 2.37. The number of nitrogens with zero attached hydrogens (tertiary/aromatic N) is 1. The van der Waals surface area contributed by atoms with Crippen LogP contribution >= 0.6 is 11.6 Å². The highest BCUT2D eigenvalue weighted by molar-refractivity contribution is 6.30. The van der Waals surface area contributed by atoms with E-state index in [1.807, 2.05) is 0 Å². The summed E-state index contributed by atoms with van der Waals surface area (Å²) in [6.07, 6.45) is -4.77. The molecule has 112 valence electrons. The van der Waals surface area contributed by atoms with Crippen molar-refractivity contribution in [3.05, 3.63) is 35.1 Å². The third-order valence-corrected chi connectivity index (χ3v) is 3.31. The van der Waals surface area contributed by atoms with Crippen molar-refractivity contribution in [2.24, 2.45) is 0 Å². The van der Waals surface area contributed by atoms with Gasteiger partial charge in [0.15, 0.2) is 0 Å². The zero-order valence-corrected chi connectivity index (χ0v) is 11.7. The van der Waals surface area contributed by atoms with E-state index in [0.717, 1.165) is 12.1 Å². The molecule has 0 bridgehead atoms. The fraction of sp³-hybridized carbons (Fsp3) is 0.462. The average molecular weight is 312 g/mol. The second-order valence-corrected chi connectivity index (χ2v) is 4.54. The Morgan fingerprint density at radius 3 is 2.30 bits per heavy atom. The van der Waals surface area contributed by atoms with Gasteiger partial charge in [0.2, 0.25) is 5.91 Å². The van der Waals surface area contributed by atoms with E-state index in [4.69, 9.17) is 11.6 Å². The molecule has 0 N–H and O–H groups in total. The van der Waals surface area contributed by atoms with Crippen LogP contribution < -0.4 is 0 Å². The maximum atomic E-state index is 13.0. The van der Waals surface area contributed by atoms with Crippen molar-refractivity contribution >= 4 is 17.5 Å². The quantitative estimate of drug-likeness (QED) is 0.608. The molecule has 0 aliphatic heterocycles. The zero-order valence-electron chi connectivity index (χ0n) is 11.0. The SMILES string of the molecule is CCN(CC)C(=O)C(Cl)c1ccc(F)cc1C(F)(F)F. The molecular weight excluding hydrogens is 298 g/mol. The summed E-state index contributed by atoms with van der Waals surface area (Å²) in [6, 6.07) is 2.10. The van der Waals surface area contributed by atoms with E-state index < -0.39 is 34.4 Å². The topological polar surface area (TPSA) is 20.3 Å². The summed E-state index contributed by atoms with van der Waals surface area (Å²) in [4.78, 5) is 13.3. The van der Waals surface area contributed by atoms with Gasteiger partial charge in [0.05, 0.1) is 5.56 Å². The summed E-state index contributed by atoms with van der Waals surface area (Å²) in [7, 11) is 0. The van der Waals surface area contributed by atoms with Gasteiger partial charge >= 0.3 is 6.18 Å². The second-order valence-electron chi connectivity index (χ2n) is 4.10. The molecule has 1 atom stereocenters. The van der Waals surface area contributed by atoms with E-state index in [0.29, 0.717) is 19.2 Å². The first-order valence-electron chi connectivity index (χ1n) is 6.01. The van der Waals surface area contributed by atoms with Gasteiger partial charge in [-0.25, -0.2) is 4.39 Å².